The van der Waals surface area contributed by atoms with Crippen LogP contribution in [0.5, 0.6) is 0 Å². The number of furan rings is 1. The van der Waals surface area contributed by atoms with Crippen molar-refractivity contribution in [2.45, 2.75) is 19.4 Å². The molecule has 19 heavy (non-hydrogen) atoms. The highest BCUT2D eigenvalue weighted by Gasteiger charge is 2.24. The van der Waals surface area contributed by atoms with Crippen LogP contribution in [0.4, 0.5) is 0 Å². The Morgan fingerprint density at radius 2 is 2.11 bits per heavy atom. The summed E-state index contributed by atoms with van der Waals surface area (Å²) < 4.78 is 5.85. The molecular weight excluding hydrogens is 312 g/mol. The van der Waals surface area contributed by atoms with E-state index in [1.807, 2.05) is 6.92 Å². The summed E-state index contributed by atoms with van der Waals surface area (Å²) in [4.78, 5) is 16.1. The van der Waals surface area contributed by atoms with Gasteiger partial charge in [-0.15, -0.1) is 0 Å². The Bertz CT molecular complexity index is 427. The zero-order chi connectivity index (χ0) is 13.8. The zero-order valence-electron chi connectivity index (χ0n) is 11.0. The molecule has 1 amide bonds. The fourth-order valence-electron chi connectivity index (χ4n) is 2.15. The topological polar surface area (TPSA) is 56.9 Å². The summed E-state index contributed by atoms with van der Waals surface area (Å²) in [5, 5.41) is 9.62. The first kappa shape index (κ1) is 14.6. The molecule has 1 atom stereocenters. The number of hydrogen-bond donors (Lipinski definition) is 1. The second kappa shape index (κ2) is 6.54. The molecule has 0 aliphatic carbocycles. The zero-order valence-corrected chi connectivity index (χ0v) is 12.6. The highest BCUT2D eigenvalue weighted by molar-refractivity contribution is 9.10. The van der Waals surface area contributed by atoms with Crippen LogP contribution in [0.1, 0.15) is 23.9 Å². The van der Waals surface area contributed by atoms with Crippen LogP contribution in [0.3, 0.4) is 0 Å². The largest absolute Gasteiger partial charge is 0.444 e. The molecule has 2 heterocycles. The van der Waals surface area contributed by atoms with E-state index in [0.717, 1.165) is 19.5 Å². The molecule has 5 nitrogen and oxygen atoms in total. The van der Waals surface area contributed by atoms with Gasteiger partial charge in [-0.3, -0.25) is 9.69 Å². The molecule has 1 aromatic rings. The molecule has 1 N–H and O–H groups in total. The van der Waals surface area contributed by atoms with E-state index in [1.165, 1.54) is 0 Å². The number of rotatable bonds is 4. The van der Waals surface area contributed by atoms with Crippen molar-refractivity contribution in [2.75, 3.05) is 32.7 Å². The minimum atomic E-state index is -0.275. The average molecular weight is 331 g/mol. The first-order valence-corrected chi connectivity index (χ1v) is 7.34. The van der Waals surface area contributed by atoms with Crippen molar-refractivity contribution in [2.24, 2.45) is 0 Å². The smallest absolute Gasteiger partial charge is 0.289 e. The number of carbonyl (C=O) groups is 1. The number of aliphatic hydroxyl groups excluding tert-OH is 1. The second-order valence-electron chi connectivity index (χ2n) is 4.76. The van der Waals surface area contributed by atoms with Gasteiger partial charge >= 0.3 is 0 Å². The summed E-state index contributed by atoms with van der Waals surface area (Å²) in [6.45, 7) is 5.60. The van der Waals surface area contributed by atoms with E-state index < -0.39 is 0 Å². The van der Waals surface area contributed by atoms with E-state index in [0.29, 0.717) is 30.1 Å². The molecule has 0 spiro atoms. The van der Waals surface area contributed by atoms with Crippen molar-refractivity contribution in [3.8, 4) is 0 Å². The number of nitrogens with zero attached hydrogens (tertiary/aromatic N) is 2. The van der Waals surface area contributed by atoms with Gasteiger partial charge < -0.3 is 14.4 Å². The molecule has 106 valence electrons. The fraction of sp³-hybridized carbons (Fsp3) is 0.615. The fourth-order valence-corrected chi connectivity index (χ4v) is 2.45. The molecule has 0 bridgehead atoms. The summed E-state index contributed by atoms with van der Waals surface area (Å²) in [7, 11) is 0. The first-order valence-electron chi connectivity index (χ1n) is 6.55. The van der Waals surface area contributed by atoms with Gasteiger partial charge in [-0.2, -0.15) is 0 Å². The number of piperazine rings is 1. The summed E-state index contributed by atoms with van der Waals surface area (Å²) in [6, 6.07) is 3.40. The van der Waals surface area contributed by atoms with Crippen LogP contribution in [0, 0.1) is 0 Å². The molecule has 1 aromatic heterocycles. The number of amides is 1. The maximum Gasteiger partial charge on any atom is 0.289 e. The average Bonchev–Trinajstić information content (AvgIpc) is 2.85. The van der Waals surface area contributed by atoms with Crippen LogP contribution < -0.4 is 0 Å². The predicted molar refractivity (Wildman–Crippen MR) is 75.0 cm³/mol. The molecule has 1 aliphatic heterocycles. The monoisotopic (exact) mass is 330 g/mol. The van der Waals surface area contributed by atoms with Gasteiger partial charge in [0.2, 0.25) is 0 Å². The Labute approximate surface area is 121 Å². The SMILES string of the molecule is CC[C@H](O)CN1CCN(C(=O)c2ccc(Br)o2)CC1. The molecule has 0 radical (unpaired) electrons. The van der Waals surface area contributed by atoms with Crippen molar-refractivity contribution in [3.63, 3.8) is 0 Å². The Morgan fingerprint density at radius 1 is 1.42 bits per heavy atom. The van der Waals surface area contributed by atoms with Gasteiger partial charge in [-0.1, -0.05) is 6.92 Å². The summed E-state index contributed by atoms with van der Waals surface area (Å²) in [5.41, 5.74) is 0. The van der Waals surface area contributed by atoms with Gasteiger partial charge in [0.1, 0.15) is 0 Å². The molecule has 1 aliphatic rings. The third-order valence-corrected chi connectivity index (χ3v) is 3.81. The lowest BCUT2D eigenvalue weighted by molar-refractivity contribution is 0.0499. The lowest BCUT2D eigenvalue weighted by atomic mass is 10.2. The predicted octanol–water partition coefficient (Wildman–Crippen LogP) is 1.57. The van der Waals surface area contributed by atoms with Crippen LogP contribution in [-0.2, 0) is 0 Å². The Balaban J connectivity index is 1.84. The van der Waals surface area contributed by atoms with Gasteiger partial charge in [0.15, 0.2) is 10.4 Å². The molecule has 1 fully saturated rings. The van der Waals surface area contributed by atoms with Gasteiger partial charge in [0, 0.05) is 32.7 Å². The lowest BCUT2D eigenvalue weighted by Crippen LogP contribution is -2.50. The molecule has 6 heteroatoms. The van der Waals surface area contributed by atoms with Gasteiger partial charge in [-0.25, -0.2) is 0 Å². The second-order valence-corrected chi connectivity index (χ2v) is 5.54. The minimum absolute atomic E-state index is 0.0682. The molecule has 0 aromatic carbocycles. The quantitative estimate of drug-likeness (QED) is 0.910. The number of β-amino-alcohol motifs (C(OH)–C–C–N with tert-alkyl or cyclic N) is 1. The summed E-state index contributed by atoms with van der Waals surface area (Å²) in [6.07, 6.45) is 0.489. The number of hydrogen-bond acceptors (Lipinski definition) is 4. The number of aliphatic hydroxyl groups is 1. The standard InChI is InChI=1S/C13H19BrN2O3/c1-2-10(17)9-15-5-7-16(8-6-15)13(18)11-3-4-12(14)19-11/h3-4,10,17H,2,5-9H2,1H3/t10-/m0/s1. The Kier molecular flexibility index (Phi) is 5.01. The van der Waals surface area contributed by atoms with E-state index in [4.69, 9.17) is 4.42 Å². The van der Waals surface area contributed by atoms with Crippen molar-refractivity contribution in [3.05, 3.63) is 22.6 Å². The van der Waals surface area contributed by atoms with Crippen LogP contribution in [0.2, 0.25) is 0 Å². The maximum absolute atomic E-state index is 12.1. The summed E-state index contributed by atoms with van der Waals surface area (Å²) in [5.74, 6) is 0.301. The molecule has 2 rings (SSSR count). The lowest BCUT2D eigenvalue weighted by Gasteiger charge is -2.35. The number of carbonyl (C=O) groups excluding carboxylic acids is 1. The first-order chi connectivity index (χ1) is 9.10. The Hall–Kier alpha value is -0.850. The van der Waals surface area contributed by atoms with E-state index >= 15 is 0 Å². The summed E-state index contributed by atoms with van der Waals surface area (Å²) >= 11 is 3.20. The van der Waals surface area contributed by atoms with Gasteiger partial charge in [-0.05, 0) is 34.5 Å². The third kappa shape index (κ3) is 3.81. The third-order valence-electron chi connectivity index (χ3n) is 3.38. The highest BCUT2D eigenvalue weighted by Crippen LogP contribution is 2.16. The minimum Gasteiger partial charge on any atom is -0.444 e. The van der Waals surface area contributed by atoms with Gasteiger partial charge in [0.05, 0.1) is 6.10 Å². The molecular formula is C13H19BrN2O3. The van der Waals surface area contributed by atoms with Crippen molar-refractivity contribution in [1.82, 2.24) is 9.80 Å². The maximum atomic E-state index is 12.1. The van der Waals surface area contributed by atoms with Crippen molar-refractivity contribution in [1.29, 1.82) is 0 Å². The Morgan fingerprint density at radius 3 is 2.63 bits per heavy atom. The van der Waals surface area contributed by atoms with E-state index in [1.54, 1.807) is 17.0 Å². The molecule has 0 saturated carbocycles. The van der Waals surface area contributed by atoms with Crippen molar-refractivity contribution >= 4 is 21.8 Å². The van der Waals surface area contributed by atoms with E-state index in [-0.39, 0.29) is 12.0 Å². The van der Waals surface area contributed by atoms with Gasteiger partial charge in [0.25, 0.3) is 5.91 Å². The molecule has 1 saturated heterocycles. The van der Waals surface area contributed by atoms with Crippen molar-refractivity contribution < 1.29 is 14.3 Å². The van der Waals surface area contributed by atoms with Crippen LogP contribution >= 0.6 is 15.9 Å². The van der Waals surface area contributed by atoms with E-state index in [9.17, 15) is 9.90 Å². The molecule has 0 unspecified atom stereocenters. The van der Waals surface area contributed by atoms with E-state index in [2.05, 4.69) is 20.8 Å². The highest BCUT2D eigenvalue weighted by atomic mass is 79.9. The number of halogens is 1. The normalized spacial score (nSPS) is 18.6. The van der Waals surface area contributed by atoms with Crippen LogP contribution in [-0.4, -0.2) is 59.6 Å². The van der Waals surface area contributed by atoms with Crippen LogP contribution in [0.25, 0.3) is 0 Å². The van der Waals surface area contributed by atoms with Crippen LogP contribution in [0.15, 0.2) is 21.2 Å².